The molecule has 2 aliphatic heterocycles. The second-order valence-electron chi connectivity index (χ2n) is 7.99. The summed E-state index contributed by atoms with van der Waals surface area (Å²) in [4.78, 5) is 2.39. The van der Waals surface area contributed by atoms with E-state index in [4.69, 9.17) is 15.2 Å². The molecule has 1 saturated carbocycles. The molecule has 0 amide bonds. The van der Waals surface area contributed by atoms with Gasteiger partial charge in [-0.25, -0.2) is 0 Å². The van der Waals surface area contributed by atoms with Crippen molar-refractivity contribution >= 4 is 0 Å². The van der Waals surface area contributed by atoms with Crippen molar-refractivity contribution in [2.45, 2.75) is 63.7 Å². The first-order valence-corrected chi connectivity index (χ1v) is 8.66. The Labute approximate surface area is 129 Å². The lowest BCUT2D eigenvalue weighted by Gasteiger charge is -2.67. The van der Waals surface area contributed by atoms with E-state index >= 15 is 0 Å². The topological polar surface area (TPSA) is 47.7 Å². The number of ether oxygens (including phenoxy) is 2. The Kier molecular flexibility index (Phi) is 4.34. The summed E-state index contributed by atoms with van der Waals surface area (Å²) in [5.41, 5.74) is 6.82. The lowest BCUT2D eigenvalue weighted by molar-refractivity contribution is -0.232. The average molecular weight is 296 g/mol. The second kappa shape index (κ2) is 5.80. The fourth-order valence-electron chi connectivity index (χ4n) is 4.80. The molecule has 0 aromatic rings. The summed E-state index contributed by atoms with van der Waals surface area (Å²) in [6, 6.07) is 0. The van der Waals surface area contributed by atoms with Crippen LogP contribution in [0.25, 0.3) is 0 Å². The number of fused-ring (bicyclic) bond motifs is 1. The number of rotatable bonds is 4. The van der Waals surface area contributed by atoms with Crippen LogP contribution >= 0.6 is 0 Å². The van der Waals surface area contributed by atoms with Crippen LogP contribution in [-0.4, -0.2) is 56.0 Å². The van der Waals surface area contributed by atoms with Crippen LogP contribution in [0.3, 0.4) is 0 Å². The Hall–Kier alpha value is -0.160. The Bertz CT molecular complexity index is 368. The predicted octanol–water partition coefficient (Wildman–Crippen LogP) is 2.02. The third-order valence-electron chi connectivity index (χ3n) is 6.22. The maximum atomic E-state index is 6.88. The van der Waals surface area contributed by atoms with E-state index in [9.17, 15) is 0 Å². The van der Waals surface area contributed by atoms with E-state index in [0.717, 1.165) is 32.7 Å². The molecule has 122 valence electrons. The molecule has 4 unspecified atom stereocenters. The van der Waals surface area contributed by atoms with E-state index in [-0.39, 0.29) is 11.0 Å². The lowest BCUT2D eigenvalue weighted by atomic mass is 9.46. The maximum Gasteiger partial charge on any atom is 0.0701 e. The van der Waals surface area contributed by atoms with Gasteiger partial charge in [0.15, 0.2) is 0 Å². The molecule has 3 aliphatic rings. The highest BCUT2D eigenvalue weighted by Gasteiger charge is 2.66. The van der Waals surface area contributed by atoms with Crippen molar-refractivity contribution in [2.24, 2.45) is 17.1 Å². The van der Waals surface area contributed by atoms with E-state index in [1.807, 2.05) is 0 Å². The van der Waals surface area contributed by atoms with E-state index in [1.54, 1.807) is 0 Å². The Morgan fingerprint density at radius 2 is 1.86 bits per heavy atom. The highest BCUT2D eigenvalue weighted by molar-refractivity contribution is 5.20. The van der Waals surface area contributed by atoms with Crippen LogP contribution in [0.15, 0.2) is 0 Å². The van der Waals surface area contributed by atoms with Crippen molar-refractivity contribution in [3.8, 4) is 0 Å². The largest absolute Gasteiger partial charge is 0.377 e. The molecule has 2 N–H and O–H groups in total. The first-order chi connectivity index (χ1) is 9.95. The first-order valence-electron chi connectivity index (χ1n) is 8.66. The van der Waals surface area contributed by atoms with Gasteiger partial charge in [-0.3, -0.25) is 0 Å². The maximum absolute atomic E-state index is 6.88. The highest BCUT2D eigenvalue weighted by Crippen LogP contribution is 2.57. The quantitative estimate of drug-likeness (QED) is 0.862. The van der Waals surface area contributed by atoms with Crippen LogP contribution in [0.1, 0.15) is 46.0 Å². The second-order valence-corrected chi connectivity index (χ2v) is 7.99. The van der Waals surface area contributed by atoms with E-state index < -0.39 is 0 Å². The molecule has 1 aliphatic carbocycles. The number of likely N-dealkylation sites (N-methyl/N-ethyl adjacent to an activating group) is 1. The smallest absolute Gasteiger partial charge is 0.0701 e. The Balaban J connectivity index is 1.59. The lowest BCUT2D eigenvalue weighted by Crippen LogP contribution is -2.80. The van der Waals surface area contributed by atoms with Gasteiger partial charge >= 0.3 is 0 Å². The summed E-state index contributed by atoms with van der Waals surface area (Å²) in [6.07, 6.45) is 6.85. The zero-order chi connectivity index (χ0) is 15.1. The minimum absolute atomic E-state index is 0.0692. The summed E-state index contributed by atoms with van der Waals surface area (Å²) >= 11 is 0. The Morgan fingerprint density at radius 1 is 1.10 bits per heavy atom. The van der Waals surface area contributed by atoms with Crippen LogP contribution in [0.4, 0.5) is 0 Å². The summed E-state index contributed by atoms with van der Waals surface area (Å²) in [6.45, 7) is 8.36. The van der Waals surface area contributed by atoms with Gasteiger partial charge in [0.2, 0.25) is 0 Å². The van der Waals surface area contributed by atoms with Crippen LogP contribution in [-0.2, 0) is 9.47 Å². The molecule has 2 saturated heterocycles. The number of nitrogens with zero attached hydrogens (tertiary/aromatic N) is 1. The molecule has 0 spiro atoms. The SMILES string of the molecule is CN(CC1CCCCO1)CC1(N)C2CCCOC2C1(C)C. The zero-order valence-corrected chi connectivity index (χ0v) is 13.9. The van der Waals surface area contributed by atoms with E-state index in [1.165, 1.54) is 25.7 Å². The van der Waals surface area contributed by atoms with E-state index in [2.05, 4.69) is 25.8 Å². The van der Waals surface area contributed by atoms with Gasteiger partial charge in [0.05, 0.1) is 12.2 Å². The minimum Gasteiger partial charge on any atom is -0.377 e. The van der Waals surface area contributed by atoms with Crippen LogP contribution < -0.4 is 5.73 Å². The van der Waals surface area contributed by atoms with Crippen molar-refractivity contribution < 1.29 is 9.47 Å². The first kappa shape index (κ1) is 15.7. The Morgan fingerprint density at radius 3 is 2.57 bits per heavy atom. The van der Waals surface area contributed by atoms with Gasteiger partial charge in [-0.15, -0.1) is 0 Å². The van der Waals surface area contributed by atoms with Crippen molar-refractivity contribution in [1.29, 1.82) is 0 Å². The van der Waals surface area contributed by atoms with Gasteiger partial charge in [0.25, 0.3) is 0 Å². The standard InChI is InChI=1S/C17H32N2O2/c1-16(2)15-14(8-6-10-21-15)17(16,18)12-19(3)11-13-7-4-5-9-20-13/h13-15H,4-12,18H2,1-3H3. The molecule has 0 aromatic heterocycles. The third kappa shape index (κ3) is 2.65. The summed E-state index contributed by atoms with van der Waals surface area (Å²) < 4.78 is 11.9. The number of hydrogen-bond acceptors (Lipinski definition) is 4. The van der Waals surface area contributed by atoms with Crippen molar-refractivity contribution in [3.05, 3.63) is 0 Å². The van der Waals surface area contributed by atoms with Crippen molar-refractivity contribution in [3.63, 3.8) is 0 Å². The van der Waals surface area contributed by atoms with Crippen LogP contribution in [0, 0.1) is 11.3 Å². The minimum atomic E-state index is -0.124. The number of hydrogen-bond donors (Lipinski definition) is 1. The van der Waals surface area contributed by atoms with Gasteiger partial charge in [-0.2, -0.15) is 0 Å². The fraction of sp³-hybridized carbons (Fsp3) is 1.00. The molecule has 4 atom stereocenters. The van der Waals surface area contributed by atoms with Gasteiger partial charge in [0, 0.05) is 43.2 Å². The van der Waals surface area contributed by atoms with Crippen molar-refractivity contribution in [1.82, 2.24) is 4.90 Å². The van der Waals surface area contributed by atoms with Crippen molar-refractivity contribution in [2.75, 3.05) is 33.4 Å². The molecular weight excluding hydrogens is 264 g/mol. The molecule has 0 aromatic carbocycles. The van der Waals surface area contributed by atoms with E-state index in [0.29, 0.717) is 18.1 Å². The molecule has 0 bridgehead atoms. The normalized spacial score (nSPS) is 42.4. The molecule has 3 fully saturated rings. The van der Waals surface area contributed by atoms with Crippen LogP contribution in [0.5, 0.6) is 0 Å². The predicted molar refractivity (Wildman–Crippen MR) is 84.3 cm³/mol. The highest BCUT2D eigenvalue weighted by atomic mass is 16.5. The fourth-order valence-corrected chi connectivity index (χ4v) is 4.80. The van der Waals surface area contributed by atoms with Gasteiger partial charge in [-0.1, -0.05) is 13.8 Å². The summed E-state index contributed by atoms with van der Waals surface area (Å²) in [5.74, 6) is 0.524. The zero-order valence-electron chi connectivity index (χ0n) is 13.9. The van der Waals surface area contributed by atoms with Gasteiger partial charge in [0.1, 0.15) is 0 Å². The molecule has 2 heterocycles. The molecule has 0 radical (unpaired) electrons. The third-order valence-corrected chi connectivity index (χ3v) is 6.22. The van der Waals surface area contributed by atoms with Gasteiger partial charge < -0.3 is 20.1 Å². The summed E-state index contributed by atoms with van der Waals surface area (Å²) in [5, 5.41) is 0. The monoisotopic (exact) mass is 296 g/mol. The van der Waals surface area contributed by atoms with Crippen LogP contribution in [0.2, 0.25) is 0 Å². The number of nitrogens with two attached hydrogens (primary N) is 1. The summed E-state index contributed by atoms with van der Waals surface area (Å²) in [7, 11) is 2.19. The molecule has 4 nitrogen and oxygen atoms in total. The molecule has 3 rings (SSSR count). The molecule has 21 heavy (non-hydrogen) atoms. The average Bonchev–Trinajstić information content (AvgIpc) is 2.48. The molecular formula is C17H32N2O2. The molecule has 4 heteroatoms. The van der Waals surface area contributed by atoms with Gasteiger partial charge in [-0.05, 0) is 39.2 Å².